The molecule has 27 heavy (non-hydrogen) atoms. The lowest BCUT2D eigenvalue weighted by Gasteiger charge is -2.42. The van der Waals surface area contributed by atoms with E-state index in [9.17, 15) is 8.78 Å². The Bertz CT molecular complexity index is 869. The van der Waals surface area contributed by atoms with E-state index < -0.39 is 12.0 Å². The van der Waals surface area contributed by atoms with Gasteiger partial charge in [0.15, 0.2) is 6.73 Å². The lowest BCUT2D eigenvalue weighted by molar-refractivity contribution is 0.114. The highest BCUT2D eigenvalue weighted by Crippen LogP contribution is 2.43. The van der Waals surface area contributed by atoms with Gasteiger partial charge in [0.2, 0.25) is 0 Å². The van der Waals surface area contributed by atoms with Crippen molar-refractivity contribution < 1.29 is 13.5 Å². The Labute approximate surface area is 157 Å². The van der Waals surface area contributed by atoms with Crippen molar-refractivity contribution >= 4 is 0 Å². The summed E-state index contributed by atoms with van der Waals surface area (Å²) in [5.41, 5.74) is 2.31. The largest absolute Gasteiger partial charge is 0.479 e. The summed E-state index contributed by atoms with van der Waals surface area (Å²) in [5.74, 6) is 0. The van der Waals surface area contributed by atoms with Gasteiger partial charge in [0.05, 0.1) is 0 Å². The van der Waals surface area contributed by atoms with Gasteiger partial charge in [-0.1, -0.05) is 84.9 Å². The summed E-state index contributed by atoms with van der Waals surface area (Å²) in [6.07, 6.45) is 1.08. The second-order valence-electron chi connectivity index (χ2n) is 6.42. The van der Waals surface area contributed by atoms with Crippen molar-refractivity contribution in [1.82, 2.24) is 4.90 Å². The molecule has 0 spiro atoms. The number of alkyl halides is 2. The Morgan fingerprint density at radius 1 is 0.741 bits per heavy atom. The summed E-state index contributed by atoms with van der Waals surface area (Å²) in [6.45, 7) is 0.375. The molecular weight excluding hydrogens is 344 g/mol. The summed E-state index contributed by atoms with van der Waals surface area (Å²) in [5, 5.41) is 0. The number of benzene rings is 3. The van der Waals surface area contributed by atoms with Gasteiger partial charge >= 0.3 is 0 Å². The molecule has 0 saturated heterocycles. The van der Waals surface area contributed by atoms with E-state index in [1.54, 1.807) is 18.4 Å². The predicted octanol–water partition coefficient (Wildman–Crippen LogP) is 5.68. The van der Waals surface area contributed by atoms with Crippen LogP contribution in [0, 0.1) is 0 Å². The second-order valence-corrected chi connectivity index (χ2v) is 6.42. The first kappa shape index (κ1) is 17.3. The normalized spacial score (nSPS) is 13.8. The molecule has 3 aromatic rings. The van der Waals surface area contributed by atoms with Gasteiger partial charge in [-0.3, -0.25) is 0 Å². The van der Waals surface area contributed by atoms with E-state index in [0.717, 1.165) is 16.7 Å². The van der Waals surface area contributed by atoms with Gasteiger partial charge in [-0.25, -0.2) is 8.78 Å². The van der Waals surface area contributed by atoms with Gasteiger partial charge in [-0.05, 0) is 16.7 Å². The van der Waals surface area contributed by atoms with Crippen LogP contribution in [0.1, 0.15) is 28.7 Å². The molecule has 1 heterocycles. The van der Waals surface area contributed by atoms with Gasteiger partial charge in [-0.15, -0.1) is 0 Å². The Morgan fingerprint density at radius 2 is 1.26 bits per heavy atom. The van der Waals surface area contributed by atoms with Crippen molar-refractivity contribution in [2.45, 2.75) is 12.0 Å². The van der Waals surface area contributed by atoms with Gasteiger partial charge in [0.25, 0.3) is 6.43 Å². The molecule has 1 aliphatic heterocycles. The van der Waals surface area contributed by atoms with Crippen LogP contribution >= 0.6 is 0 Å². The van der Waals surface area contributed by atoms with Gasteiger partial charge in [-0.2, -0.15) is 0 Å². The van der Waals surface area contributed by atoms with Crippen LogP contribution in [-0.4, -0.2) is 11.6 Å². The third kappa shape index (κ3) is 2.97. The fraction of sp³-hybridized carbons (Fsp3) is 0.130. The molecule has 0 atom stereocenters. The third-order valence-corrected chi connectivity index (χ3v) is 4.95. The second kappa shape index (κ2) is 7.23. The fourth-order valence-corrected chi connectivity index (χ4v) is 3.72. The molecule has 0 saturated carbocycles. The Kier molecular flexibility index (Phi) is 4.63. The fourth-order valence-electron chi connectivity index (χ4n) is 3.72. The highest BCUT2D eigenvalue weighted by Gasteiger charge is 2.42. The Balaban J connectivity index is 1.99. The zero-order valence-electron chi connectivity index (χ0n) is 14.6. The summed E-state index contributed by atoms with van der Waals surface area (Å²) in [7, 11) is 0. The standard InChI is InChI=1S/C23H19F2NO/c24-22(25)18-11-13-21(14-12-18)23(26-15-16-27-17-26,19-7-3-1-4-8-19)20-9-5-2-6-10-20/h1-16,22H,17H2. The highest BCUT2D eigenvalue weighted by molar-refractivity contribution is 5.50. The van der Waals surface area contributed by atoms with Crippen molar-refractivity contribution in [2.24, 2.45) is 0 Å². The van der Waals surface area contributed by atoms with Crippen LogP contribution in [0.2, 0.25) is 0 Å². The van der Waals surface area contributed by atoms with E-state index in [1.807, 2.05) is 42.6 Å². The molecule has 0 fully saturated rings. The SMILES string of the molecule is FC(F)c1ccc(C(c2ccccc2)(c2ccccc2)N2C=COC2)cc1. The molecule has 2 nitrogen and oxygen atoms in total. The van der Waals surface area contributed by atoms with E-state index in [-0.39, 0.29) is 5.56 Å². The number of rotatable bonds is 5. The molecule has 4 rings (SSSR count). The van der Waals surface area contributed by atoms with E-state index in [0.29, 0.717) is 6.73 Å². The topological polar surface area (TPSA) is 12.5 Å². The highest BCUT2D eigenvalue weighted by atomic mass is 19.3. The summed E-state index contributed by atoms with van der Waals surface area (Å²) in [4.78, 5) is 2.09. The molecule has 0 amide bonds. The number of nitrogens with zero attached hydrogens (tertiary/aromatic N) is 1. The van der Waals surface area contributed by atoms with Crippen molar-refractivity contribution in [1.29, 1.82) is 0 Å². The summed E-state index contributed by atoms with van der Waals surface area (Å²) in [6, 6.07) is 26.7. The first-order chi connectivity index (χ1) is 13.2. The third-order valence-electron chi connectivity index (χ3n) is 4.95. The minimum absolute atomic E-state index is 0.0157. The quantitative estimate of drug-likeness (QED) is 0.541. The van der Waals surface area contributed by atoms with E-state index in [2.05, 4.69) is 29.2 Å². The lowest BCUT2D eigenvalue weighted by atomic mass is 9.75. The lowest BCUT2D eigenvalue weighted by Crippen LogP contribution is -2.44. The average molecular weight is 363 g/mol. The van der Waals surface area contributed by atoms with Gasteiger partial charge in [0, 0.05) is 11.8 Å². The first-order valence-corrected chi connectivity index (χ1v) is 8.77. The number of hydrogen-bond donors (Lipinski definition) is 0. The van der Waals surface area contributed by atoms with E-state index in [4.69, 9.17) is 4.74 Å². The molecule has 3 aromatic carbocycles. The molecule has 136 valence electrons. The van der Waals surface area contributed by atoms with Crippen molar-refractivity contribution in [3.8, 4) is 0 Å². The molecule has 0 aromatic heterocycles. The van der Waals surface area contributed by atoms with Crippen molar-refractivity contribution in [3.63, 3.8) is 0 Å². The zero-order chi connectivity index (χ0) is 18.7. The smallest absolute Gasteiger partial charge is 0.263 e. The summed E-state index contributed by atoms with van der Waals surface area (Å²) < 4.78 is 31.7. The number of ether oxygens (including phenoxy) is 1. The van der Waals surface area contributed by atoms with Gasteiger partial charge < -0.3 is 9.64 Å². The van der Waals surface area contributed by atoms with Crippen LogP contribution in [0.25, 0.3) is 0 Å². The zero-order valence-corrected chi connectivity index (χ0v) is 14.6. The molecule has 4 heteroatoms. The van der Waals surface area contributed by atoms with Crippen LogP contribution in [0.15, 0.2) is 97.4 Å². The first-order valence-electron chi connectivity index (χ1n) is 8.77. The molecule has 0 bridgehead atoms. The molecule has 0 aliphatic carbocycles. The number of halogens is 2. The van der Waals surface area contributed by atoms with Crippen LogP contribution in [0.3, 0.4) is 0 Å². The minimum Gasteiger partial charge on any atom is -0.479 e. The van der Waals surface area contributed by atoms with E-state index in [1.165, 1.54) is 12.1 Å². The molecule has 1 aliphatic rings. The van der Waals surface area contributed by atoms with Crippen LogP contribution < -0.4 is 0 Å². The van der Waals surface area contributed by atoms with Gasteiger partial charge in [0.1, 0.15) is 11.8 Å². The maximum absolute atomic E-state index is 13.1. The summed E-state index contributed by atoms with van der Waals surface area (Å²) >= 11 is 0. The predicted molar refractivity (Wildman–Crippen MR) is 101 cm³/mol. The number of hydrogen-bond acceptors (Lipinski definition) is 2. The van der Waals surface area contributed by atoms with Crippen molar-refractivity contribution in [2.75, 3.05) is 6.73 Å². The van der Waals surface area contributed by atoms with Crippen LogP contribution in [0.4, 0.5) is 8.78 Å². The monoisotopic (exact) mass is 363 g/mol. The maximum atomic E-state index is 13.1. The van der Waals surface area contributed by atoms with Crippen LogP contribution in [-0.2, 0) is 10.3 Å². The molecule has 0 N–H and O–H groups in total. The van der Waals surface area contributed by atoms with Crippen molar-refractivity contribution in [3.05, 3.63) is 120 Å². The molecule has 0 radical (unpaired) electrons. The molecular formula is C23H19F2NO. The average Bonchev–Trinajstić information content (AvgIpc) is 3.26. The maximum Gasteiger partial charge on any atom is 0.263 e. The Morgan fingerprint density at radius 3 is 1.70 bits per heavy atom. The van der Waals surface area contributed by atoms with Crippen LogP contribution in [0.5, 0.6) is 0 Å². The minimum atomic E-state index is -2.49. The van der Waals surface area contributed by atoms with E-state index >= 15 is 0 Å². The molecule has 0 unspecified atom stereocenters. The Hall–Kier alpha value is -3.14.